The van der Waals surface area contributed by atoms with Crippen molar-refractivity contribution in [2.75, 3.05) is 0 Å². The Hall–Kier alpha value is -1.13. The van der Waals surface area contributed by atoms with E-state index in [1.54, 1.807) is 12.5 Å². The second kappa shape index (κ2) is 3.43. The van der Waals surface area contributed by atoms with Crippen molar-refractivity contribution in [3.63, 3.8) is 0 Å². The van der Waals surface area contributed by atoms with E-state index in [1.807, 2.05) is 10.8 Å². The van der Waals surface area contributed by atoms with Crippen LogP contribution in [0.5, 0.6) is 0 Å². The van der Waals surface area contributed by atoms with Gasteiger partial charge in [0.2, 0.25) is 0 Å². The molecule has 1 heterocycles. The number of nitrogens with zero attached hydrogens (tertiary/aromatic N) is 2. The zero-order valence-electron chi connectivity index (χ0n) is 8.73. The summed E-state index contributed by atoms with van der Waals surface area (Å²) in [4.78, 5) is 4.04. The van der Waals surface area contributed by atoms with Gasteiger partial charge in [0, 0.05) is 22.4 Å². The molecule has 1 aromatic carbocycles. The van der Waals surface area contributed by atoms with E-state index in [9.17, 15) is 0 Å². The van der Waals surface area contributed by atoms with Crippen molar-refractivity contribution in [2.45, 2.75) is 18.4 Å². The molecular weight excluding hydrogens is 266 g/mol. The molecule has 0 bridgehead atoms. The lowest BCUT2D eigenvalue weighted by Crippen LogP contribution is -2.18. The number of halogens is 1. The van der Waals surface area contributed by atoms with Gasteiger partial charge in [0.05, 0.1) is 12.0 Å². The van der Waals surface area contributed by atoms with Crippen LogP contribution in [0, 0.1) is 0 Å². The van der Waals surface area contributed by atoms with E-state index < -0.39 is 0 Å². The highest BCUT2D eigenvalue weighted by molar-refractivity contribution is 9.10. The first-order chi connectivity index (χ1) is 7.69. The minimum atomic E-state index is -0.0734. The van der Waals surface area contributed by atoms with Crippen LogP contribution >= 0.6 is 15.9 Å². The van der Waals surface area contributed by atoms with Crippen molar-refractivity contribution in [3.05, 3.63) is 47.0 Å². The lowest BCUT2D eigenvalue weighted by molar-refractivity contribution is 0.739. The van der Waals surface area contributed by atoms with Gasteiger partial charge in [-0.15, -0.1) is 0 Å². The highest BCUT2D eigenvalue weighted by Gasteiger charge is 2.40. The fourth-order valence-electron chi connectivity index (χ4n) is 1.85. The molecule has 0 amide bonds. The van der Waals surface area contributed by atoms with Crippen LogP contribution < -0.4 is 5.73 Å². The van der Waals surface area contributed by atoms with Gasteiger partial charge in [-0.05, 0) is 46.5 Å². The lowest BCUT2D eigenvalue weighted by atomic mass is 10.1. The first kappa shape index (κ1) is 10.1. The van der Waals surface area contributed by atoms with Crippen LogP contribution in [0.15, 0.2) is 41.4 Å². The van der Waals surface area contributed by atoms with E-state index >= 15 is 0 Å². The molecule has 0 radical (unpaired) electrons. The van der Waals surface area contributed by atoms with Crippen molar-refractivity contribution in [1.29, 1.82) is 0 Å². The molecule has 1 fully saturated rings. The van der Waals surface area contributed by atoms with Crippen LogP contribution in [-0.2, 0) is 5.54 Å². The minimum Gasteiger partial charge on any atom is -0.321 e. The highest BCUT2D eigenvalue weighted by Crippen LogP contribution is 2.43. The van der Waals surface area contributed by atoms with Gasteiger partial charge in [0.1, 0.15) is 0 Å². The molecule has 16 heavy (non-hydrogen) atoms. The van der Waals surface area contributed by atoms with E-state index in [2.05, 4.69) is 39.1 Å². The van der Waals surface area contributed by atoms with E-state index in [1.165, 1.54) is 5.56 Å². The number of hydrogen-bond acceptors (Lipinski definition) is 2. The maximum Gasteiger partial charge on any atom is 0.0992 e. The van der Waals surface area contributed by atoms with Crippen LogP contribution in [0.1, 0.15) is 18.4 Å². The topological polar surface area (TPSA) is 43.8 Å². The van der Waals surface area contributed by atoms with Gasteiger partial charge in [-0.1, -0.05) is 6.07 Å². The third kappa shape index (κ3) is 1.58. The monoisotopic (exact) mass is 277 g/mol. The molecule has 4 heteroatoms. The number of rotatable bonds is 2. The van der Waals surface area contributed by atoms with Gasteiger partial charge >= 0.3 is 0 Å². The first-order valence-corrected chi connectivity index (χ1v) is 6.06. The quantitative estimate of drug-likeness (QED) is 0.917. The van der Waals surface area contributed by atoms with E-state index in [0.717, 1.165) is 23.0 Å². The Morgan fingerprint density at radius 1 is 1.38 bits per heavy atom. The van der Waals surface area contributed by atoms with Gasteiger partial charge in [-0.2, -0.15) is 0 Å². The van der Waals surface area contributed by atoms with Crippen LogP contribution in [0.3, 0.4) is 0 Å². The van der Waals surface area contributed by atoms with Crippen LogP contribution in [0.4, 0.5) is 0 Å². The molecule has 1 aromatic heterocycles. The summed E-state index contributed by atoms with van der Waals surface area (Å²) in [5, 5.41) is 0. The summed E-state index contributed by atoms with van der Waals surface area (Å²) in [6, 6.07) is 6.30. The van der Waals surface area contributed by atoms with Crippen molar-refractivity contribution in [1.82, 2.24) is 9.55 Å². The van der Waals surface area contributed by atoms with Crippen molar-refractivity contribution in [3.8, 4) is 5.69 Å². The average molecular weight is 278 g/mol. The molecular formula is C12H12BrN3. The summed E-state index contributed by atoms with van der Waals surface area (Å²) in [6.07, 6.45) is 7.66. The van der Waals surface area contributed by atoms with E-state index in [0.29, 0.717) is 0 Å². The number of benzene rings is 1. The Bertz CT molecular complexity index is 515. The van der Waals surface area contributed by atoms with Crippen LogP contribution in [0.2, 0.25) is 0 Å². The van der Waals surface area contributed by atoms with Gasteiger partial charge in [-0.3, -0.25) is 0 Å². The van der Waals surface area contributed by atoms with Crippen molar-refractivity contribution in [2.24, 2.45) is 5.73 Å². The fraction of sp³-hybridized carbons (Fsp3) is 0.250. The smallest absolute Gasteiger partial charge is 0.0992 e. The maximum atomic E-state index is 6.17. The minimum absolute atomic E-state index is 0.0734. The summed E-state index contributed by atoms with van der Waals surface area (Å²) in [5.41, 5.74) is 8.39. The second-order valence-corrected chi connectivity index (χ2v) is 5.15. The predicted octanol–water partition coefficient (Wildman–Crippen LogP) is 2.58. The molecule has 2 aromatic rings. The Kier molecular flexibility index (Phi) is 2.16. The third-order valence-electron chi connectivity index (χ3n) is 3.09. The fourth-order valence-corrected chi connectivity index (χ4v) is 2.43. The summed E-state index contributed by atoms with van der Waals surface area (Å²) >= 11 is 3.58. The highest BCUT2D eigenvalue weighted by atomic mass is 79.9. The zero-order valence-corrected chi connectivity index (χ0v) is 10.3. The Morgan fingerprint density at radius 2 is 2.19 bits per heavy atom. The molecule has 3 rings (SSSR count). The average Bonchev–Trinajstić information content (AvgIpc) is 2.82. The molecule has 1 saturated carbocycles. The molecule has 0 spiro atoms. The lowest BCUT2D eigenvalue weighted by Gasteiger charge is -2.12. The summed E-state index contributed by atoms with van der Waals surface area (Å²) < 4.78 is 3.03. The number of aromatic nitrogens is 2. The van der Waals surface area contributed by atoms with Gasteiger partial charge in [0.25, 0.3) is 0 Å². The molecule has 2 N–H and O–H groups in total. The second-order valence-electron chi connectivity index (χ2n) is 4.29. The van der Waals surface area contributed by atoms with Gasteiger partial charge in [0.15, 0.2) is 0 Å². The molecule has 0 aliphatic heterocycles. The summed E-state index contributed by atoms with van der Waals surface area (Å²) in [6.45, 7) is 0. The molecule has 1 aliphatic rings. The predicted molar refractivity (Wildman–Crippen MR) is 66.4 cm³/mol. The van der Waals surface area contributed by atoms with Gasteiger partial charge in [-0.25, -0.2) is 4.98 Å². The van der Waals surface area contributed by atoms with Crippen molar-refractivity contribution >= 4 is 15.9 Å². The molecule has 0 atom stereocenters. The van der Waals surface area contributed by atoms with E-state index in [4.69, 9.17) is 5.73 Å². The standard InChI is InChI=1S/C12H12BrN3/c13-10-7-9(12(14)3-4-12)1-2-11(10)16-6-5-15-8-16/h1-2,5-8H,3-4,14H2. The molecule has 82 valence electrons. The summed E-state index contributed by atoms with van der Waals surface area (Å²) in [5.74, 6) is 0. The zero-order chi connectivity index (χ0) is 11.2. The molecule has 3 nitrogen and oxygen atoms in total. The molecule has 1 aliphatic carbocycles. The Balaban J connectivity index is 2.04. The van der Waals surface area contributed by atoms with E-state index in [-0.39, 0.29) is 5.54 Å². The summed E-state index contributed by atoms with van der Waals surface area (Å²) in [7, 11) is 0. The third-order valence-corrected chi connectivity index (χ3v) is 3.73. The first-order valence-electron chi connectivity index (χ1n) is 5.26. The maximum absolute atomic E-state index is 6.17. The van der Waals surface area contributed by atoms with Crippen molar-refractivity contribution < 1.29 is 0 Å². The molecule has 0 saturated heterocycles. The van der Waals surface area contributed by atoms with Crippen LogP contribution in [0.25, 0.3) is 5.69 Å². The normalized spacial score (nSPS) is 17.4. The van der Waals surface area contributed by atoms with Gasteiger partial charge < -0.3 is 10.3 Å². The number of imidazole rings is 1. The number of hydrogen-bond donors (Lipinski definition) is 1. The largest absolute Gasteiger partial charge is 0.321 e. The number of nitrogens with two attached hydrogens (primary N) is 1. The van der Waals surface area contributed by atoms with Crippen LogP contribution in [-0.4, -0.2) is 9.55 Å². The SMILES string of the molecule is NC1(c2ccc(-n3ccnc3)c(Br)c2)CC1. The Morgan fingerprint density at radius 3 is 2.75 bits per heavy atom. The Labute approximate surface area is 102 Å². The molecule has 0 unspecified atom stereocenters.